The van der Waals surface area contributed by atoms with Crippen LogP contribution >= 0.6 is 0 Å². The van der Waals surface area contributed by atoms with E-state index in [1.54, 1.807) is 36.4 Å². The van der Waals surface area contributed by atoms with Gasteiger partial charge in [-0.3, -0.25) is 9.59 Å². The van der Waals surface area contributed by atoms with Gasteiger partial charge in [0.15, 0.2) is 11.6 Å². The molecule has 0 spiro atoms. The second-order valence-corrected chi connectivity index (χ2v) is 4.31. The van der Waals surface area contributed by atoms with E-state index in [1.807, 2.05) is 18.2 Å². The molecule has 0 atom stereocenters. The molecule has 0 aliphatic rings. The molecule has 0 aromatic heterocycles. The van der Waals surface area contributed by atoms with Gasteiger partial charge in [-0.2, -0.15) is 0 Å². The lowest BCUT2D eigenvalue weighted by Gasteiger charge is -2.04. The second-order valence-electron chi connectivity index (χ2n) is 4.31. The van der Waals surface area contributed by atoms with Crippen molar-refractivity contribution in [1.82, 2.24) is 0 Å². The molecule has 2 heteroatoms. The molecule has 0 unspecified atom stereocenters. The van der Waals surface area contributed by atoms with Crippen molar-refractivity contribution in [2.45, 2.75) is 6.92 Å². The topological polar surface area (TPSA) is 34.1 Å². The van der Waals surface area contributed by atoms with Gasteiger partial charge in [-0.15, -0.1) is 0 Å². The van der Waals surface area contributed by atoms with Crippen LogP contribution in [0.4, 0.5) is 0 Å². The van der Waals surface area contributed by atoms with E-state index >= 15 is 0 Å². The number of Topliss-reactive ketones (excluding diaryl/α,β-unsaturated/α-hetero) is 1. The molecule has 0 aliphatic heterocycles. The average molecular weight is 250 g/mol. The molecule has 2 aromatic carbocycles. The van der Waals surface area contributed by atoms with Crippen molar-refractivity contribution in [2.24, 2.45) is 0 Å². The fraction of sp³-hybridized carbons (Fsp3) is 0.0588. The molecule has 0 N–H and O–H groups in total. The van der Waals surface area contributed by atoms with Crippen LogP contribution in [0.5, 0.6) is 0 Å². The van der Waals surface area contributed by atoms with Gasteiger partial charge in [-0.05, 0) is 12.5 Å². The number of rotatable bonds is 4. The molecule has 2 rings (SSSR count). The summed E-state index contributed by atoms with van der Waals surface area (Å²) in [6, 6.07) is 16.0. The minimum Gasteiger partial charge on any atom is -0.295 e. The van der Waals surface area contributed by atoms with E-state index < -0.39 is 0 Å². The summed E-state index contributed by atoms with van der Waals surface area (Å²) in [5, 5.41) is 0. The van der Waals surface area contributed by atoms with E-state index in [-0.39, 0.29) is 11.6 Å². The van der Waals surface area contributed by atoms with Gasteiger partial charge in [0.05, 0.1) is 0 Å². The number of ketones is 2. The van der Waals surface area contributed by atoms with E-state index in [9.17, 15) is 9.59 Å². The zero-order chi connectivity index (χ0) is 13.8. The lowest BCUT2D eigenvalue weighted by Crippen LogP contribution is -2.01. The predicted molar refractivity (Wildman–Crippen MR) is 76.0 cm³/mol. The number of allylic oxidation sites excluding steroid dienone is 1. The van der Waals surface area contributed by atoms with Crippen molar-refractivity contribution in [2.75, 3.05) is 0 Å². The molecular weight excluding hydrogens is 236 g/mol. The SMILES string of the molecule is C=C(C(C)=O)c1ccc(C(=O)c2ccccc2)cc1. The standard InChI is InChI=1S/C17H14O2/c1-12(13(2)18)14-8-10-16(11-9-14)17(19)15-6-4-3-5-7-15/h3-11H,1H2,2H3. The summed E-state index contributed by atoms with van der Waals surface area (Å²) in [7, 11) is 0. The third kappa shape index (κ3) is 2.86. The highest BCUT2D eigenvalue weighted by Crippen LogP contribution is 2.16. The van der Waals surface area contributed by atoms with E-state index in [2.05, 4.69) is 6.58 Å². The molecule has 19 heavy (non-hydrogen) atoms. The van der Waals surface area contributed by atoms with Gasteiger partial charge in [0.2, 0.25) is 0 Å². The molecule has 94 valence electrons. The molecule has 0 amide bonds. The third-order valence-electron chi connectivity index (χ3n) is 2.96. The first kappa shape index (κ1) is 13.0. The Bertz CT molecular complexity index is 622. The minimum absolute atomic E-state index is 0.0272. The summed E-state index contributed by atoms with van der Waals surface area (Å²) in [4.78, 5) is 23.4. The summed E-state index contributed by atoms with van der Waals surface area (Å²) in [5.41, 5.74) is 2.46. The summed E-state index contributed by atoms with van der Waals surface area (Å²) in [5.74, 6) is -0.0947. The van der Waals surface area contributed by atoms with E-state index in [1.165, 1.54) is 6.92 Å². The van der Waals surface area contributed by atoms with Crippen molar-refractivity contribution in [3.05, 3.63) is 77.9 Å². The molecule has 0 heterocycles. The van der Waals surface area contributed by atoms with Crippen molar-refractivity contribution < 1.29 is 9.59 Å². The van der Waals surface area contributed by atoms with E-state index in [0.717, 1.165) is 5.56 Å². The van der Waals surface area contributed by atoms with Crippen LogP contribution in [0.1, 0.15) is 28.4 Å². The molecule has 0 bridgehead atoms. The second kappa shape index (κ2) is 5.44. The monoisotopic (exact) mass is 250 g/mol. The average Bonchev–Trinajstić information content (AvgIpc) is 2.46. The van der Waals surface area contributed by atoms with Gasteiger partial charge in [0.1, 0.15) is 0 Å². The fourth-order valence-electron chi connectivity index (χ4n) is 1.78. The number of benzene rings is 2. The quantitative estimate of drug-likeness (QED) is 0.614. The van der Waals surface area contributed by atoms with Gasteiger partial charge in [-0.1, -0.05) is 61.2 Å². The van der Waals surface area contributed by atoms with Gasteiger partial charge in [0.25, 0.3) is 0 Å². The molecule has 0 radical (unpaired) electrons. The van der Waals surface area contributed by atoms with Crippen LogP contribution in [0.25, 0.3) is 5.57 Å². The van der Waals surface area contributed by atoms with Crippen LogP contribution in [-0.2, 0) is 4.79 Å². The Kier molecular flexibility index (Phi) is 3.71. The van der Waals surface area contributed by atoms with Crippen LogP contribution in [0.15, 0.2) is 61.2 Å². The molecule has 2 nitrogen and oxygen atoms in total. The Balaban J connectivity index is 2.26. The van der Waals surface area contributed by atoms with Crippen LogP contribution in [0, 0.1) is 0 Å². The van der Waals surface area contributed by atoms with Crippen LogP contribution in [0.2, 0.25) is 0 Å². The number of carbonyl (C=O) groups is 2. The number of hydrogen-bond donors (Lipinski definition) is 0. The smallest absolute Gasteiger partial charge is 0.193 e. The maximum Gasteiger partial charge on any atom is 0.193 e. The minimum atomic E-state index is -0.0675. The predicted octanol–water partition coefficient (Wildman–Crippen LogP) is 3.52. The maximum absolute atomic E-state index is 12.2. The van der Waals surface area contributed by atoms with E-state index in [4.69, 9.17) is 0 Å². The molecular formula is C17H14O2. The Morgan fingerprint density at radius 3 is 1.79 bits per heavy atom. The van der Waals surface area contributed by atoms with Crippen LogP contribution < -0.4 is 0 Å². The Labute approximate surface area is 112 Å². The summed E-state index contributed by atoms with van der Waals surface area (Å²) in [6.07, 6.45) is 0. The normalized spacial score (nSPS) is 9.95. The van der Waals surface area contributed by atoms with Crippen LogP contribution in [0.3, 0.4) is 0 Å². The first-order valence-corrected chi connectivity index (χ1v) is 5.99. The van der Waals surface area contributed by atoms with Crippen molar-refractivity contribution >= 4 is 17.1 Å². The van der Waals surface area contributed by atoms with Crippen LogP contribution in [-0.4, -0.2) is 11.6 Å². The third-order valence-corrected chi connectivity index (χ3v) is 2.96. The van der Waals surface area contributed by atoms with Crippen molar-refractivity contribution in [3.8, 4) is 0 Å². The number of carbonyl (C=O) groups excluding carboxylic acids is 2. The molecule has 0 saturated carbocycles. The first-order valence-electron chi connectivity index (χ1n) is 5.99. The van der Waals surface area contributed by atoms with Gasteiger partial charge in [-0.25, -0.2) is 0 Å². The van der Waals surface area contributed by atoms with Crippen molar-refractivity contribution in [3.63, 3.8) is 0 Å². The lowest BCUT2D eigenvalue weighted by atomic mass is 9.99. The Morgan fingerprint density at radius 1 is 0.789 bits per heavy atom. The molecule has 0 fully saturated rings. The van der Waals surface area contributed by atoms with Gasteiger partial charge >= 0.3 is 0 Å². The highest BCUT2D eigenvalue weighted by atomic mass is 16.1. The highest BCUT2D eigenvalue weighted by molar-refractivity contribution is 6.19. The zero-order valence-electron chi connectivity index (χ0n) is 10.7. The summed E-state index contributed by atoms with van der Waals surface area (Å²) < 4.78 is 0. The Morgan fingerprint density at radius 2 is 1.26 bits per heavy atom. The lowest BCUT2D eigenvalue weighted by molar-refractivity contribution is -0.111. The fourth-order valence-corrected chi connectivity index (χ4v) is 1.78. The van der Waals surface area contributed by atoms with E-state index in [0.29, 0.717) is 16.7 Å². The number of hydrogen-bond acceptors (Lipinski definition) is 2. The highest BCUT2D eigenvalue weighted by Gasteiger charge is 2.09. The first-order chi connectivity index (χ1) is 9.09. The van der Waals surface area contributed by atoms with Crippen molar-refractivity contribution in [1.29, 1.82) is 0 Å². The summed E-state index contributed by atoms with van der Waals surface area (Å²) >= 11 is 0. The van der Waals surface area contributed by atoms with Gasteiger partial charge < -0.3 is 0 Å². The molecule has 2 aromatic rings. The van der Waals surface area contributed by atoms with Gasteiger partial charge in [0, 0.05) is 16.7 Å². The molecule has 0 aliphatic carbocycles. The maximum atomic E-state index is 12.2. The Hall–Kier alpha value is -2.48. The summed E-state index contributed by atoms with van der Waals surface area (Å²) in [6.45, 7) is 5.20. The molecule has 0 saturated heterocycles. The zero-order valence-corrected chi connectivity index (χ0v) is 10.7. The largest absolute Gasteiger partial charge is 0.295 e.